The van der Waals surface area contributed by atoms with Gasteiger partial charge >= 0.3 is 0 Å². The standard InChI is InChI=1S/C21H27N5O2S/c1-25(2)12-7-13-26-19(28)16-8-3-4-9-17(16)23-20(26)29-14-18(27)24-21(15-22)10-5-6-11-21/h3-4,8-9H,5-7,10-14H2,1-2H3,(H,24,27)/p+1. The van der Waals surface area contributed by atoms with Gasteiger partial charge in [0.2, 0.25) is 5.91 Å². The summed E-state index contributed by atoms with van der Waals surface area (Å²) in [5.74, 6) is -0.0576. The smallest absolute Gasteiger partial charge is 0.262 e. The highest BCUT2D eigenvalue weighted by Crippen LogP contribution is 2.29. The Morgan fingerprint density at radius 2 is 2.07 bits per heavy atom. The van der Waals surface area contributed by atoms with Crippen LogP contribution in [0.3, 0.4) is 0 Å². The van der Waals surface area contributed by atoms with Crippen LogP contribution in [-0.2, 0) is 11.3 Å². The van der Waals surface area contributed by atoms with Gasteiger partial charge in [-0.05, 0) is 37.8 Å². The number of carbonyl (C=O) groups excluding carboxylic acids is 1. The molecule has 0 atom stereocenters. The van der Waals surface area contributed by atoms with E-state index in [0.717, 1.165) is 25.8 Å². The molecule has 8 heteroatoms. The zero-order valence-corrected chi connectivity index (χ0v) is 17.8. The van der Waals surface area contributed by atoms with Gasteiger partial charge in [-0.3, -0.25) is 14.2 Å². The SMILES string of the molecule is C[NH+](C)CCCn1c(SCC(=O)NC2(C#N)CCCC2)nc2ccccc2c1=O. The van der Waals surface area contributed by atoms with E-state index in [1.165, 1.54) is 16.7 Å². The molecule has 1 heterocycles. The number of benzene rings is 1. The highest BCUT2D eigenvalue weighted by molar-refractivity contribution is 7.99. The molecule has 0 saturated heterocycles. The highest BCUT2D eigenvalue weighted by Gasteiger charge is 2.35. The lowest BCUT2D eigenvalue weighted by Crippen LogP contribution is -3.05. The molecule has 1 aromatic carbocycles. The van der Waals surface area contributed by atoms with Crippen LogP contribution in [0.15, 0.2) is 34.2 Å². The number of nitriles is 1. The van der Waals surface area contributed by atoms with Gasteiger partial charge in [0.1, 0.15) is 5.54 Å². The van der Waals surface area contributed by atoms with Crippen LogP contribution in [-0.4, -0.2) is 47.4 Å². The molecular formula is C21H28N5O2S+. The van der Waals surface area contributed by atoms with E-state index in [9.17, 15) is 14.9 Å². The predicted octanol–water partition coefficient (Wildman–Crippen LogP) is 0.976. The first kappa shape index (κ1) is 21.3. The van der Waals surface area contributed by atoms with E-state index in [1.54, 1.807) is 10.6 Å². The quantitative estimate of drug-likeness (QED) is 0.496. The number of para-hydroxylation sites is 1. The number of nitrogens with one attached hydrogen (secondary N) is 2. The maximum absolute atomic E-state index is 13.0. The fraction of sp³-hybridized carbons (Fsp3) is 0.524. The van der Waals surface area contributed by atoms with Crippen molar-refractivity contribution in [1.82, 2.24) is 14.9 Å². The molecule has 2 N–H and O–H groups in total. The summed E-state index contributed by atoms with van der Waals surface area (Å²) >= 11 is 1.26. The van der Waals surface area contributed by atoms with Gasteiger partial charge in [-0.2, -0.15) is 5.26 Å². The van der Waals surface area contributed by atoms with Gasteiger partial charge in [-0.1, -0.05) is 23.9 Å². The fourth-order valence-electron chi connectivity index (χ4n) is 3.72. The molecule has 0 radical (unpaired) electrons. The average Bonchev–Trinajstić information content (AvgIpc) is 3.17. The molecule has 1 amide bonds. The number of hydrogen-bond acceptors (Lipinski definition) is 5. The van der Waals surface area contributed by atoms with Crippen LogP contribution in [0.4, 0.5) is 0 Å². The van der Waals surface area contributed by atoms with Crippen molar-refractivity contribution in [3.63, 3.8) is 0 Å². The molecule has 1 aliphatic carbocycles. The van der Waals surface area contributed by atoms with Gasteiger partial charge in [0.05, 0.1) is 43.4 Å². The third kappa shape index (κ3) is 5.17. The summed E-state index contributed by atoms with van der Waals surface area (Å²) in [6.45, 7) is 1.50. The van der Waals surface area contributed by atoms with Crippen molar-refractivity contribution in [2.45, 2.75) is 49.3 Å². The van der Waals surface area contributed by atoms with E-state index in [2.05, 4.69) is 30.5 Å². The van der Waals surface area contributed by atoms with Crippen LogP contribution < -0.4 is 15.8 Å². The molecule has 0 spiro atoms. The lowest BCUT2D eigenvalue weighted by molar-refractivity contribution is -0.858. The van der Waals surface area contributed by atoms with Crippen LogP contribution >= 0.6 is 11.8 Å². The Labute approximate surface area is 175 Å². The number of nitrogens with zero attached hydrogens (tertiary/aromatic N) is 3. The van der Waals surface area contributed by atoms with Gasteiger partial charge in [0, 0.05) is 13.0 Å². The van der Waals surface area contributed by atoms with Gasteiger partial charge in [-0.15, -0.1) is 0 Å². The van der Waals surface area contributed by atoms with Crippen molar-refractivity contribution in [2.24, 2.45) is 0 Å². The third-order valence-corrected chi connectivity index (χ3v) is 6.24. The first-order chi connectivity index (χ1) is 13.9. The highest BCUT2D eigenvalue weighted by atomic mass is 32.2. The number of hydrogen-bond donors (Lipinski definition) is 2. The molecule has 3 rings (SSSR count). The molecule has 2 aromatic rings. The maximum Gasteiger partial charge on any atom is 0.262 e. The summed E-state index contributed by atoms with van der Waals surface area (Å²) in [6.07, 6.45) is 4.16. The van der Waals surface area contributed by atoms with Crippen LogP contribution in [0.5, 0.6) is 0 Å². The zero-order valence-electron chi connectivity index (χ0n) is 17.0. The van der Waals surface area contributed by atoms with Crippen molar-refractivity contribution in [3.05, 3.63) is 34.6 Å². The van der Waals surface area contributed by atoms with Gasteiger partial charge in [0.15, 0.2) is 5.16 Å². The molecule has 0 aliphatic heterocycles. The van der Waals surface area contributed by atoms with E-state index in [-0.39, 0.29) is 17.2 Å². The Morgan fingerprint density at radius 3 is 2.76 bits per heavy atom. The number of rotatable bonds is 8. The zero-order chi connectivity index (χ0) is 20.9. The molecule has 29 heavy (non-hydrogen) atoms. The van der Waals surface area contributed by atoms with Crippen LogP contribution in [0.25, 0.3) is 10.9 Å². The second-order valence-corrected chi connectivity index (χ2v) is 8.86. The number of amides is 1. The molecule has 1 saturated carbocycles. The van der Waals surface area contributed by atoms with Gasteiger partial charge in [0.25, 0.3) is 5.56 Å². The average molecular weight is 415 g/mol. The molecule has 1 aliphatic rings. The van der Waals surface area contributed by atoms with Crippen LogP contribution in [0.1, 0.15) is 32.1 Å². The second-order valence-electron chi connectivity index (χ2n) is 7.92. The van der Waals surface area contributed by atoms with Crippen molar-refractivity contribution >= 4 is 28.6 Å². The number of thioether (sulfide) groups is 1. The maximum atomic E-state index is 13.0. The Bertz CT molecular complexity index is 973. The first-order valence-corrected chi connectivity index (χ1v) is 11.1. The number of quaternary nitrogens is 1. The molecular weight excluding hydrogens is 386 g/mol. The van der Waals surface area contributed by atoms with Crippen molar-refractivity contribution < 1.29 is 9.69 Å². The summed E-state index contributed by atoms with van der Waals surface area (Å²) in [5, 5.41) is 13.5. The second kappa shape index (κ2) is 9.42. The van der Waals surface area contributed by atoms with Gasteiger partial charge < -0.3 is 10.2 Å². The Hall–Kier alpha value is -2.37. The normalized spacial score (nSPS) is 15.5. The number of aromatic nitrogens is 2. The summed E-state index contributed by atoms with van der Waals surface area (Å²) in [5.41, 5.74) is -0.168. The summed E-state index contributed by atoms with van der Waals surface area (Å²) in [6, 6.07) is 9.57. The minimum atomic E-state index is -0.734. The van der Waals surface area contributed by atoms with Gasteiger partial charge in [-0.25, -0.2) is 4.98 Å². The van der Waals surface area contributed by atoms with Crippen molar-refractivity contribution in [1.29, 1.82) is 5.26 Å². The minimum Gasteiger partial charge on any atom is -0.340 e. The lowest BCUT2D eigenvalue weighted by Gasteiger charge is -2.22. The molecule has 7 nitrogen and oxygen atoms in total. The summed E-state index contributed by atoms with van der Waals surface area (Å²) in [7, 11) is 4.16. The summed E-state index contributed by atoms with van der Waals surface area (Å²) < 4.78 is 1.68. The molecule has 0 bridgehead atoms. The molecule has 154 valence electrons. The topological polar surface area (TPSA) is 92.2 Å². The third-order valence-electron chi connectivity index (χ3n) is 5.27. The Balaban J connectivity index is 1.78. The monoisotopic (exact) mass is 414 g/mol. The molecule has 0 unspecified atom stereocenters. The van der Waals surface area contributed by atoms with Crippen LogP contribution in [0.2, 0.25) is 0 Å². The predicted molar refractivity (Wildman–Crippen MR) is 114 cm³/mol. The number of carbonyl (C=O) groups is 1. The van der Waals surface area contributed by atoms with E-state index in [0.29, 0.717) is 35.4 Å². The van der Waals surface area contributed by atoms with E-state index in [4.69, 9.17) is 0 Å². The largest absolute Gasteiger partial charge is 0.340 e. The van der Waals surface area contributed by atoms with E-state index >= 15 is 0 Å². The van der Waals surface area contributed by atoms with E-state index < -0.39 is 5.54 Å². The Morgan fingerprint density at radius 1 is 1.34 bits per heavy atom. The minimum absolute atomic E-state index is 0.0726. The van der Waals surface area contributed by atoms with Crippen molar-refractivity contribution in [2.75, 3.05) is 26.4 Å². The van der Waals surface area contributed by atoms with Crippen molar-refractivity contribution in [3.8, 4) is 6.07 Å². The number of fused-ring (bicyclic) bond motifs is 1. The molecule has 1 fully saturated rings. The van der Waals surface area contributed by atoms with E-state index in [1.807, 2.05) is 18.2 Å². The molecule has 1 aromatic heterocycles. The van der Waals surface area contributed by atoms with Crippen LogP contribution in [0, 0.1) is 11.3 Å². The Kier molecular flexibility index (Phi) is 6.93. The first-order valence-electron chi connectivity index (χ1n) is 10.1. The fourth-order valence-corrected chi connectivity index (χ4v) is 4.55. The lowest BCUT2D eigenvalue weighted by atomic mass is 10.0. The summed E-state index contributed by atoms with van der Waals surface area (Å²) in [4.78, 5) is 31.5.